The zero-order valence-electron chi connectivity index (χ0n) is 8.34. The van der Waals surface area contributed by atoms with Gasteiger partial charge in [0.25, 0.3) is 0 Å². The van der Waals surface area contributed by atoms with Crippen molar-refractivity contribution in [1.29, 1.82) is 0 Å². The lowest BCUT2D eigenvalue weighted by Crippen LogP contribution is -2.06. The van der Waals surface area contributed by atoms with Gasteiger partial charge in [0.15, 0.2) is 0 Å². The minimum Gasteiger partial charge on any atom is -0.478 e. The fourth-order valence-corrected chi connectivity index (χ4v) is 1.88. The minimum atomic E-state index is -0.954. The van der Waals surface area contributed by atoms with Crippen LogP contribution < -0.4 is 0 Å². The summed E-state index contributed by atoms with van der Waals surface area (Å²) >= 11 is 0. The largest absolute Gasteiger partial charge is 0.478 e. The number of hydrogen-bond donors (Lipinski definition) is 1. The molecule has 1 aliphatic carbocycles. The molecule has 1 aromatic rings. The molecule has 3 rings (SSSR count). The van der Waals surface area contributed by atoms with Crippen molar-refractivity contribution in [2.24, 2.45) is 4.99 Å². The van der Waals surface area contributed by atoms with Crippen molar-refractivity contribution in [2.75, 3.05) is 0 Å². The molecule has 1 aliphatic heterocycles. The molecule has 2 heterocycles. The molecule has 1 N–H and O–H groups in total. The van der Waals surface area contributed by atoms with Crippen LogP contribution in [0.4, 0.5) is 0 Å². The lowest BCUT2D eigenvalue weighted by Gasteiger charge is -2.13. The van der Waals surface area contributed by atoms with Gasteiger partial charge in [0.05, 0.1) is 17.0 Å². The molecule has 2 aliphatic rings. The fourth-order valence-electron chi connectivity index (χ4n) is 1.88. The third-order valence-electron chi connectivity index (χ3n) is 2.72. The first-order chi connectivity index (χ1) is 7.74. The van der Waals surface area contributed by atoms with E-state index in [4.69, 9.17) is 5.11 Å². The second kappa shape index (κ2) is 3.13. The summed E-state index contributed by atoms with van der Waals surface area (Å²) in [5.74, 6) is -0.954. The zero-order valence-corrected chi connectivity index (χ0v) is 8.34. The lowest BCUT2D eigenvalue weighted by molar-refractivity contribution is 0.0696. The molecule has 4 nitrogen and oxygen atoms in total. The lowest BCUT2D eigenvalue weighted by atomic mass is 9.95. The number of carboxylic acid groups (broad SMARTS) is 1. The first-order valence-electron chi connectivity index (χ1n) is 4.91. The maximum atomic E-state index is 10.8. The van der Waals surface area contributed by atoms with Gasteiger partial charge >= 0.3 is 5.97 Å². The number of aromatic carboxylic acids is 1. The molecule has 78 valence electrons. The van der Waals surface area contributed by atoms with Crippen molar-refractivity contribution >= 4 is 18.3 Å². The Morgan fingerprint density at radius 2 is 2.31 bits per heavy atom. The molecule has 0 unspecified atom stereocenters. The highest BCUT2D eigenvalue weighted by molar-refractivity contribution is 5.89. The van der Waals surface area contributed by atoms with Crippen molar-refractivity contribution in [3.05, 3.63) is 46.4 Å². The minimum absolute atomic E-state index is 0.213. The van der Waals surface area contributed by atoms with E-state index in [1.807, 2.05) is 12.2 Å². The summed E-state index contributed by atoms with van der Waals surface area (Å²) in [6.07, 6.45) is 7.72. The fraction of sp³-hybridized carbons (Fsp3) is 0.0833. The Kier molecular flexibility index (Phi) is 1.77. The van der Waals surface area contributed by atoms with Crippen LogP contribution in [0.1, 0.15) is 21.6 Å². The molecule has 16 heavy (non-hydrogen) atoms. The molecule has 0 radical (unpaired) electrons. The Balaban J connectivity index is 2.13. The standard InChI is InChI=1S/C12H8N2O2/c15-12(16)9-3-8-5-10-7(1-2-13-10)4-11(8)14-6-9/h1-3,5-6H,4H2,(H,15,16). The summed E-state index contributed by atoms with van der Waals surface area (Å²) in [6.45, 7) is 0. The number of pyridine rings is 1. The Hall–Kier alpha value is -2.23. The van der Waals surface area contributed by atoms with Crippen molar-refractivity contribution in [3.63, 3.8) is 0 Å². The van der Waals surface area contributed by atoms with E-state index < -0.39 is 5.97 Å². The van der Waals surface area contributed by atoms with Crippen molar-refractivity contribution in [3.8, 4) is 0 Å². The summed E-state index contributed by atoms with van der Waals surface area (Å²) in [4.78, 5) is 19.2. The van der Waals surface area contributed by atoms with E-state index in [1.165, 1.54) is 6.20 Å². The number of carbonyl (C=O) groups is 1. The van der Waals surface area contributed by atoms with Crippen molar-refractivity contribution < 1.29 is 9.90 Å². The Bertz CT molecular complexity index is 583. The van der Waals surface area contributed by atoms with E-state index in [1.54, 1.807) is 12.3 Å². The van der Waals surface area contributed by atoms with Crippen molar-refractivity contribution in [2.45, 2.75) is 6.42 Å². The van der Waals surface area contributed by atoms with Crippen LogP contribution in [0, 0.1) is 0 Å². The molecule has 0 saturated heterocycles. The van der Waals surface area contributed by atoms with Gasteiger partial charge in [0.1, 0.15) is 0 Å². The maximum absolute atomic E-state index is 10.8. The van der Waals surface area contributed by atoms with E-state index in [-0.39, 0.29) is 5.56 Å². The molecular weight excluding hydrogens is 204 g/mol. The molecule has 0 aromatic carbocycles. The number of allylic oxidation sites excluding steroid dienone is 2. The van der Waals surface area contributed by atoms with Gasteiger partial charge in [0, 0.05) is 18.8 Å². The highest BCUT2D eigenvalue weighted by Crippen LogP contribution is 2.29. The summed E-state index contributed by atoms with van der Waals surface area (Å²) in [7, 11) is 0. The number of fused-ring (bicyclic) bond motifs is 2. The van der Waals surface area contributed by atoms with Crippen LogP contribution in [-0.4, -0.2) is 22.3 Å². The van der Waals surface area contributed by atoms with E-state index in [0.717, 1.165) is 28.9 Å². The van der Waals surface area contributed by atoms with Crippen LogP contribution in [-0.2, 0) is 6.42 Å². The highest BCUT2D eigenvalue weighted by atomic mass is 16.4. The van der Waals surface area contributed by atoms with Crippen LogP contribution in [0.25, 0.3) is 6.08 Å². The normalized spacial score (nSPS) is 16.2. The van der Waals surface area contributed by atoms with Crippen LogP contribution in [0.3, 0.4) is 0 Å². The monoisotopic (exact) mass is 212 g/mol. The van der Waals surface area contributed by atoms with Gasteiger partial charge in [0.2, 0.25) is 0 Å². The smallest absolute Gasteiger partial charge is 0.337 e. The van der Waals surface area contributed by atoms with Crippen LogP contribution in [0.2, 0.25) is 0 Å². The Labute approximate surface area is 91.7 Å². The van der Waals surface area contributed by atoms with Gasteiger partial charge in [-0.15, -0.1) is 0 Å². The average molecular weight is 212 g/mol. The summed E-state index contributed by atoms with van der Waals surface area (Å²) in [5, 5.41) is 8.87. The molecule has 0 bridgehead atoms. The quantitative estimate of drug-likeness (QED) is 0.770. The second-order valence-electron chi connectivity index (χ2n) is 3.74. The van der Waals surface area contributed by atoms with E-state index in [9.17, 15) is 4.79 Å². The molecule has 1 aromatic heterocycles. The molecular formula is C12H8N2O2. The number of nitrogens with zero attached hydrogens (tertiary/aromatic N) is 2. The van der Waals surface area contributed by atoms with Gasteiger partial charge in [-0.3, -0.25) is 9.98 Å². The molecule has 0 saturated carbocycles. The first kappa shape index (κ1) is 9.03. The Morgan fingerprint density at radius 3 is 3.12 bits per heavy atom. The third kappa shape index (κ3) is 1.27. The number of aliphatic imine (C=N–C) groups is 1. The van der Waals surface area contributed by atoms with E-state index >= 15 is 0 Å². The number of rotatable bonds is 1. The van der Waals surface area contributed by atoms with Gasteiger partial charge in [-0.05, 0) is 29.4 Å². The third-order valence-corrected chi connectivity index (χ3v) is 2.72. The molecule has 0 fully saturated rings. The van der Waals surface area contributed by atoms with Gasteiger partial charge in [-0.1, -0.05) is 0 Å². The number of aromatic nitrogens is 1. The zero-order chi connectivity index (χ0) is 11.1. The van der Waals surface area contributed by atoms with Gasteiger partial charge < -0.3 is 5.11 Å². The summed E-state index contributed by atoms with van der Waals surface area (Å²) in [5.41, 5.74) is 4.03. The molecule has 0 amide bonds. The average Bonchev–Trinajstić information content (AvgIpc) is 2.71. The molecule has 0 atom stereocenters. The number of carboxylic acids is 1. The highest BCUT2D eigenvalue weighted by Gasteiger charge is 2.19. The SMILES string of the molecule is O=C(O)c1cnc2c(c1)C=C1N=CC=C1C2. The van der Waals surface area contributed by atoms with Crippen LogP contribution in [0.15, 0.2) is 34.6 Å². The van der Waals surface area contributed by atoms with Crippen molar-refractivity contribution in [1.82, 2.24) is 4.98 Å². The van der Waals surface area contributed by atoms with Crippen LogP contribution in [0.5, 0.6) is 0 Å². The first-order valence-corrected chi connectivity index (χ1v) is 4.91. The van der Waals surface area contributed by atoms with Gasteiger partial charge in [-0.25, -0.2) is 4.79 Å². The van der Waals surface area contributed by atoms with E-state index in [0.29, 0.717) is 0 Å². The predicted molar refractivity (Wildman–Crippen MR) is 59.5 cm³/mol. The molecule has 4 heteroatoms. The number of hydrogen-bond acceptors (Lipinski definition) is 3. The maximum Gasteiger partial charge on any atom is 0.337 e. The topological polar surface area (TPSA) is 62.5 Å². The van der Waals surface area contributed by atoms with Gasteiger partial charge in [-0.2, -0.15) is 0 Å². The summed E-state index contributed by atoms with van der Waals surface area (Å²) < 4.78 is 0. The second-order valence-corrected chi connectivity index (χ2v) is 3.74. The Morgan fingerprint density at radius 1 is 1.44 bits per heavy atom. The van der Waals surface area contributed by atoms with E-state index in [2.05, 4.69) is 9.98 Å². The summed E-state index contributed by atoms with van der Waals surface area (Å²) in [6, 6.07) is 1.64. The predicted octanol–water partition coefficient (Wildman–Crippen LogP) is 1.69. The van der Waals surface area contributed by atoms with Crippen LogP contribution >= 0.6 is 0 Å². The molecule has 0 spiro atoms.